The van der Waals surface area contributed by atoms with Gasteiger partial charge in [0, 0.05) is 22.8 Å². The zero-order valence-electron chi connectivity index (χ0n) is 14.2. The van der Waals surface area contributed by atoms with Gasteiger partial charge in [-0.2, -0.15) is 11.8 Å². The van der Waals surface area contributed by atoms with E-state index in [0.29, 0.717) is 53.3 Å². The molecule has 1 N–H and O–H groups in total. The number of carboxylic acid groups (broad SMARTS) is 1. The van der Waals surface area contributed by atoms with Crippen LogP contribution in [0.15, 0.2) is 36.4 Å². The second-order valence-electron chi connectivity index (χ2n) is 8.01. The topological polar surface area (TPSA) is 55.8 Å². The van der Waals surface area contributed by atoms with Gasteiger partial charge in [0.25, 0.3) is 0 Å². The average Bonchev–Trinajstić information content (AvgIpc) is 3.24. The Morgan fingerprint density at radius 1 is 1.19 bits per heavy atom. The maximum Gasteiger partial charge on any atom is 0.303 e. The van der Waals surface area contributed by atoms with Crippen LogP contribution in [0.4, 0.5) is 0 Å². The van der Waals surface area contributed by atoms with Crippen molar-refractivity contribution >= 4 is 23.3 Å². The highest BCUT2D eigenvalue weighted by atomic mass is 32.2. The highest BCUT2D eigenvalue weighted by molar-refractivity contribution is 8.00. The van der Waals surface area contributed by atoms with E-state index in [4.69, 9.17) is 9.47 Å². The Labute approximate surface area is 156 Å². The molecule has 4 nitrogen and oxygen atoms in total. The summed E-state index contributed by atoms with van der Waals surface area (Å²) in [4.78, 5) is 11.2. The van der Waals surface area contributed by atoms with Gasteiger partial charge in [-0.15, -0.1) is 0 Å². The maximum absolute atomic E-state index is 11.2. The van der Waals surface area contributed by atoms with E-state index in [1.54, 1.807) is 0 Å². The minimum atomic E-state index is -0.654. The molecule has 0 amide bonds. The van der Waals surface area contributed by atoms with Gasteiger partial charge in [-0.25, -0.2) is 0 Å². The van der Waals surface area contributed by atoms with Crippen molar-refractivity contribution < 1.29 is 19.4 Å². The summed E-state index contributed by atoms with van der Waals surface area (Å²) in [5.74, 6) is 3.54. The smallest absolute Gasteiger partial charge is 0.303 e. The summed E-state index contributed by atoms with van der Waals surface area (Å²) in [5.41, 5.74) is 2.64. The zero-order valence-corrected chi connectivity index (χ0v) is 15.0. The van der Waals surface area contributed by atoms with E-state index in [1.165, 1.54) is 11.1 Å². The summed E-state index contributed by atoms with van der Waals surface area (Å²) in [7, 11) is 0. The summed E-state index contributed by atoms with van der Waals surface area (Å²) >= 11 is 2.07. The normalized spacial score (nSPS) is 40.6. The average molecular weight is 368 g/mol. The van der Waals surface area contributed by atoms with E-state index in [1.807, 2.05) is 6.07 Å². The monoisotopic (exact) mass is 368 g/mol. The Bertz CT molecular complexity index is 860. The first kappa shape index (κ1) is 15.2. The van der Waals surface area contributed by atoms with Crippen molar-refractivity contribution in [1.29, 1.82) is 0 Å². The lowest BCUT2D eigenvalue weighted by Crippen LogP contribution is -2.52. The molecule has 2 fully saturated rings. The molecule has 1 saturated heterocycles. The molecule has 0 radical (unpaired) electrons. The van der Waals surface area contributed by atoms with E-state index in [2.05, 4.69) is 42.1 Å². The lowest BCUT2D eigenvalue weighted by Gasteiger charge is -2.52. The van der Waals surface area contributed by atoms with Crippen LogP contribution in [-0.4, -0.2) is 28.4 Å². The van der Waals surface area contributed by atoms with Gasteiger partial charge in [-0.1, -0.05) is 24.3 Å². The predicted octanol–water partition coefficient (Wildman–Crippen LogP) is 3.83. The van der Waals surface area contributed by atoms with Gasteiger partial charge in [-0.05, 0) is 53.4 Å². The predicted molar refractivity (Wildman–Crippen MR) is 99.2 cm³/mol. The number of rotatable bonds is 3. The molecule has 1 aromatic carbocycles. The molecule has 5 heteroatoms. The largest absolute Gasteiger partial charge is 0.481 e. The Balaban J connectivity index is 1.35. The van der Waals surface area contributed by atoms with E-state index in [-0.39, 0.29) is 0 Å². The molecule has 134 valence electrons. The van der Waals surface area contributed by atoms with Gasteiger partial charge in [0.1, 0.15) is 0 Å². The number of allylic oxidation sites excluding steroid dienone is 4. The summed E-state index contributed by atoms with van der Waals surface area (Å²) in [6.07, 6.45) is 8.49. The van der Waals surface area contributed by atoms with Crippen molar-refractivity contribution in [2.45, 2.75) is 23.3 Å². The van der Waals surface area contributed by atoms with Crippen molar-refractivity contribution in [3.8, 4) is 11.5 Å². The van der Waals surface area contributed by atoms with E-state index in [9.17, 15) is 9.90 Å². The summed E-state index contributed by atoms with van der Waals surface area (Å²) in [6, 6.07) is 6.27. The molecule has 7 atom stereocenters. The number of thioether (sulfide) groups is 1. The first-order valence-electron chi connectivity index (χ1n) is 9.36. The van der Waals surface area contributed by atoms with Gasteiger partial charge < -0.3 is 14.6 Å². The zero-order chi connectivity index (χ0) is 17.4. The van der Waals surface area contributed by atoms with Crippen LogP contribution in [0.1, 0.15) is 18.4 Å². The molecule has 3 aliphatic carbocycles. The SMILES string of the molecule is O=C(O)CC1C2C=CC3C(c4ccc5c(c4)OCO5)=CCC4SC1C2C43. The maximum atomic E-state index is 11.2. The Morgan fingerprint density at radius 3 is 2.96 bits per heavy atom. The highest BCUT2D eigenvalue weighted by Gasteiger charge is 2.63. The number of hydrogen-bond donors (Lipinski definition) is 1. The molecule has 1 saturated carbocycles. The molecular formula is C21H20O4S. The molecule has 0 aromatic heterocycles. The van der Waals surface area contributed by atoms with Crippen molar-refractivity contribution in [2.24, 2.45) is 29.6 Å². The van der Waals surface area contributed by atoms with Crippen LogP contribution < -0.4 is 9.47 Å². The number of ether oxygens (including phenoxy) is 2. The molecule has 5 aliphatic rings. The first-order valence-corrected chi connectivity index (χ1v) is 10.3. The van der Waals surface area contributed by atoms with E-state index < -0.39 is 5.97 Å². The second-order valence-corrected chi connectivity index (χ2v) is 9.43. The van der Waals surface area contributed by atoms with Crippen molar-refractivity contribution in [3.63, 3.8) is 0 Å². The molecular weight excluding hydrogens is 348 g/mol. The van der Waals surface area contributed by atoms with Crippen molar-refractivity contribution in [1.82, 2.24) is 0 Å². The summed E-state index contributed by atoms with van der Waals surface area (Å²) < 4.78 is 11.0. The number of fused-ring (bicyclic) bond motifs is 1. The first-order chi connectivity index (χ1) is 12.7. The fourth-order valence-corrected chi connectivity index (χ4v) is 8.10. The van der Waals surface area contributed by atoms with Crippen LogP contribution in [0.5, 0.6) is 11.5 Å². The molecule has 0 bridgehead atoms. The summed E-state index contributed by atoms with van der Waals surface area (Å²) in [5, 5.41) is 10.4. The molecule has 0 spiro atoms. The Hall–Kier alpha value is -1.88. The second kappa shape index (κ2) is 5.32. The third-order valence-corrected chi connectivity index (χ3v) is 8.78. The van der Waals surface area contributed by atoms with Crippen LogP contribution in [0.25, 0.3) is 5.57 Å². The Morgan fingerprint density at radius 2 is 2.08 bits per heavy atom. The van der Waals surface area contributed by atoms with Crippen LogP contribution in [-0.2, 0) is 4.79 Å². The van der Waals surface area contributed by atoms with E-state index >= 15 is 0 Å². The van der Waals surface area contributed by atoms with Crippen LogP contribution in [0.2, 0.25) is 0 Å². The van der Waals surface area contributed by atoms with Gasteiger partial charge in [-0.3, -0.25) is 4.79 Å². The number of hydrogen-bond acceptors (Lipinski definition) is 4. The molecule has 26 heavy (non-hydrogen) atoms. The van der Waals surface area contributed by atoms with Crippen LogP contribution in [0, 0.1) is 29.6 Å². The number of aliphatic carboxylic acids is 1. The van der Waals surface area contributed by atoms with Gasteiger partial charge >= 0.3 is 5.97 Å². The lowest BCUT2D eigenvalue weighted by atomic mass is 9.51. The standard InChI is InChI=1S/C21H20O4S/c22-18(23)8-14-13-3-2-12-11(4-6-17-19(12)20(13)21(14)26-17)10-1-5-15-16(7-10)25-9-24-15/h1-5,7,12-14,17,19-21H,6,8-9H2,(H,22,23). The highest BCUT2D eigenvalue weighted by Crippen LogP contribution is 2.68. The van der Waals surface area contributed by atoms with Crippen LogP contribution in [0.3, 0.4) is 0 Å². The van der Waals surface area contributed by atoms with Crippen LogP contribution >= 0.6 is 11.8 Å². The third-order valence-electron chi connectivity index (χ3n) is 6.95. The van der Waals surface area contributed by atoms with Crippen molar-refractivity contribution in [3.05, 3.63) is 42.0 Å². The fourth-order valence-electron chi connectivity index (χ4n) is 5.93. The van der Waals surface area contributed by atoms with Gasteiger partial charge in [0.2, 0.25) is 6.79 Å². The minimum Gasteiger partial charge on any atom is -0.481 e. The minimum absolute atomic E-state index is 0.304. The number of carboxylic acids is 1. The molecule has 2 aliphatic heterocycles. The Kier molecular flexibility index (Phi) is 3.11. The number of benzene rings is 1. The van der Waals surface area contributed by atoms with Gasteiger partial charge in [0.05, 0.1) is 0 Å². The molecule has 7 unspecified atom stereocenters. The number of carbonyl (C=O) groups is 1. The summed E-state index contributed by atoms with van der Waals surface area (Å²) in [6.45, 7) is 0.304. The quantitative estimate of drug-likeness (QED) is 0.822. The third kappa shape index (κ3) is 1.95. The van der Waals surface area contributed by atoms with Crippen molar-refractivity contribution in [2.75, 3.05) is 6.79 Å². The molecule has 6 rings (SSSR count). The lowest BCUT2D eigenvalue weighted by molar-refractivity contribution is -0.140. The molecule has 2 heterocycles. The van der Waals surface area contributed by atoms with E-state index in [0.717, 1.165) is 17.9 Å². The molecule has 1 aromatic rings. The fraction of sp³-hybridized carbons (Fsp3) is 0.476. The van der Waals surface area contributed by atoms with Gasteiger partial charge in [0.15, 0.2) is 11.5 Å².